The molecule has 0 radical (unpaired) electrons. The van der Waals surface area contributed by atoms with Gasteiger partial charge in [-0.1, -0.05) is 0 Å². The largest absolute Gasteiger partial charge is 0.321 e. The molecular formula is C17H19N3OS. The van der Waals surface area contributed by atoms with Gasteiger partial charge in [0.1, 0.15) is 0 Å². The first-order chi connectivity index (χ1) is 10.8. The highest BCUT2D eigenvalue weighted by molar-refractivity contribution is 7.12. The van der Waals surface area contributed by atoms with Gasteiger partial charge in [0.25, 0.3) is 5.91 Å². The Labute approximate surface area is 134 Å². The average molecular weight is 313 g/mol. The zero-order valence-electron chi connectivity index (χ0n) is 12.3. The molecule has 2 heterocycles. The van der Waals surface area contributed by atoms with Gasteiger partial charge < -0.3 is 10.6 Å². The van der Waals surface area contributed by atoms with Crippen molar-refractivity contribution in [2.75, 3.05) is 11.9 Å². The molecule has 1 amide bonds. The Morgan fingerprint density at radius 1 is 1.32 bits per heavy atom. The Bertz CT molecular complexity index is 666. The van der Waals surface area contributed by atoms with E-state index in [-0.39, 0.29) is 5.91 Å². The lowest BCUT2D eigenvalue weighted by Crippen LogP contribution is -2.20. The van der Waals surface area contributed by atoms with Crippen molar-refractivity contribution in [2.24, 2.45) is 5.92 Å². The molecule has 2 atom stereocenters. The summed E-state index contributed by atoms with van der Waals surface area (Å²) in [7, 11) is 0. The number of nitrogens with one attached hydrogen (secondary N) is 2. The summed E-state index contributed by atoms with van der Waals surface area (Å²) in [6.07, 6.45) is 7.34. The lowest BCUT2D eigenvalue weighted by atomic mass is 10.2. The summed E-state index contributed by atoms with van der Waals surface area (Å²) in [5, 5.41) is 8.68. The molecule has 22 heavy (non-hydrogen) atoms. The fourth-order valence-electron chi connectivity index (χ4n) is 2.72. The van der Waals surface area contributed by atoms with E-state index in [2.05, 4.69) is 21.0 Å². The molecular weight excluding hydrogens is 294 g/mol. The average Bonchev–Trinajstić information content (AvgIpc) is 3.45. The minimum Gasteiger partial charge on any atom is -0.321 e. The third-order valence-electron chi connectivity index (χ3n) is 4.37. The van der Waals surface area contributed by atoms with E-state index in [1.807, 2.05) is 6.07 Å². The van der Waals surface area contributed by atoms with Crippen molar-refractivity contribution in [3.8, 4) is 0 Å². The first-order valence-electron chi connectivity index (χ1n) is 7.83. The van der Waals surface area contributed by atoms with Crippen molar-refractivity contribution in [2.45, 2.75) is 31.2 Å². The first-order valence-corrected chi connectivity index (χ1v) is 8.71. The maximum Gasteiger partial charge on any atom is 0.265 e. The van der Waals surface area contributed by atoms with Gasteiger partial charge >= 0.3 is 0 Å². The maximum atomic E-state index is 12.2. The number of anilines is 1. The molecule has 0 saturated heterocycles. The van der Waals surface area contributed by atoms with E-state index in [0.717, 1.165) is 16.5 Å². The Kier molecular flexibility index (Phi) is 3.68. The summed E-state index contributed by atoms with van der Waals surface area (Å²) in [5.41, 5.74) is 2.09. The van der Waals surface area contributed by atoms with E-state index in [0.29, 0.717) is 12.0 Å². The molecule has 2 aromatic rings. The Morgan fingerprint density at radius 2 is 2.14 bits per heavy atom. The van der Waals surface area contributed by atoms with E-state index in [9.17, 15) is 4.79 Å². The first kappa shape index (κ1) is 13.9. The van der Waals surface area contributed by atoms with E-state index >= 15 is 0 Å². The molecule has 2 N–H and O–H groups in total. The van der Waals surface area contributed by atoms with Crippen LogP contribution in [0.2, 0.25) is 0 Å². The van der Waals surface area contributed by atoms with Crippen molar-refractivity contribution in [3.63, 3.8) is 0 Å². The van der Waals surface area contributed by atoms with Gasteiger partial charge in [0.05, 0.1) is 4.88 Å². The number of hydrogen-bond acceptors (Lipinski definition) is 4. The zero-order valence-corrected chi connectivity index (χ0v) is 13.1. The Hall–Kier alpha value is -1.72. The number of carbonyl (C=O) groups is 1. The molecule has 2 aliphatic rings. The number of thiophene rings is 1. The number of rotatable bonds is 6. The second kappa shape index (κ2) is 5.82. The van der Waals surface area contributed by atoms with Crippen LogP contribution in [0.5, 0.6) is 0 Å². The molecule has 5 heteroatoms. The zero-order chi connectivity index (χ0) is 14.9. The molecule has 4 nitrogen and oxygen atoms in total. The predicted molar refractivity (Wildman–Crippen MR) is 88.4 cm³/mol. The summed E-state index contributed by atoms with van der Waals surface area (Å²) >= 11 is 1.53. The predicted octanol–water partition coefficient (Wildman–Crippen LogP) is 3.25. The number of hydrogen-bond donors (Lipinski definition) is 2. The number of nitrogens with zero attached hydrogens (tertiary/aromatic N) is 1. The summed E-state index contributed by atoms with van der Waals surface area (Å²) in [6, 6.07) is 6.26. The fourth-order valence-corrected chi connectivity index (χ4v) is 3.59. The SMILES string of the molecule is O=C(Nc1ccncc1)c1cc(C2CC2NCC2CC2)cs1. The van der Waals surface area contributed by atoms with Crippen molar-refractivity contribution in [1.29, 1.82) is 0 Å². The van der Waals surface area contributed by atoms with Crippen molar-refractivity contribution < 1.29 is 4.79 Å². The van der Waals surface area contributed by atoms with Crippen LogP contribution in [0.4, 0.5) is 5.69 Å². The quantitative estimate of drug-likeness (QED) is 0.861. The standard InChI is InChI=1S/C17H19N3OS/c21-17(20-13-3-5-18-6-4-13)16-7-12(10-22-16)14-8-15(14)19-9-11-1-2-11/h3-7,10-11,14-15,19H,1-2,8-9H2,(H,18,20,21). The van der Waals surface area contributed by atoms with Gasteiger partial charge in [-0.15, -0.1) is 11.3 Å². The normalized spacial score (nSPS) is 23.3. The van der Waals surface area contributed by atoms with Crippen molar-refractivity contribution in [1.82, 2.24) is 10.3 Å². The molecule has 2 fully saturated rings. The fraction of sp³-hybridized carbons (Fsp3) is 0.412. The summed E-state index contributed by atoms with van der Waals surface area (Å²) < 4.78 is 0. The second-order valence-corrected chi connectivity index (χ2v) is 7.15. The van der Waals surface area contributed by atoms with Gasteiger partial charge in [0.15, 0.2) is 0 Å². The van der Waals surface area contributed by atoms with Gasteiger partial charge in [0.2, 0.25) is 0 Å². The van der Waals surface area contributed by atoms with Crippen LogP contribution in [0.25, 0.3) is 0 Å². The molecule has 4 rings (SSSR count). The van der Waals surface area contributed by atoms with Gasteiger partial charge in [-0.25, -0.2) is 0 Å². The Morgan fingerprint density at radius 3 is 2.91 bits per heavy atom. The third kappa shape index (κ3) is 3.20. The van der Waals surface area contributed by atoms with Gasteiger partial charge in [-0.2, -0.15) is 0 Å². The number of aromatic nitrogens is 1. The highest BCUT2D eigenvalue weighted by Gasteiger charge is 2.39. The molecule has 0 aliphatic heterocycles. The molecule has 114 valence electrons. The highest BCUT2D eigenvalue weighted by Crippen LogP contribution is 2.43. The third-order valence-corrected chi connectivity index (χ3v) is 5.31. The van der Waals surface area contributed by atoms with Crippen LogP contribution in [-0.4, -0.2) is 23.5 Å². The van der Waals surface area contributed by atoms with E-state index < -0.39 is 0 Å². The summed E-state index contributed by atoms with van der Waals surface area (Å²) in [4.78, 5) is 17.0. The van der Waals surface area contributed by atoms with Crippen LogP contribution >= 0.6 is 11.3 Å². The van der Waals surface area contributed by atoms with Crippen LogP contribution in [0.3, 0.4) is 0 Å². The van der Waals surface area contributed by atoms with E-state index in [1.165, 1.54) is 42.7 Å². The van der Waals surface area contributed by atoms with Crippen LogP contribution in [-0.2, 0) is 0 Å². The molecule has 2 aromatic heterocycles. The van der Waals surface area contributed by atoms with Crippen molar-refractivity contribution in [3.05, 3.63) is 46.4 Å². The molecule has 2 unspecified atom stereocenters. The van der Waals surface area contributed by atoms with Gasteiger partial charge in [0, 0.05) is 30.0 Å². The molecule has 0 spiro atoms. The monoisotopic (exact) mass is 313 g/mol. The number of carbonyl (C=O) groups excluding carboxylic acids is 1. The summed E-state index contributed by atoms with van der Waals surface area (Å²) in [6.45, 7) is 1.17. The van der Waals surface area contributed by atoms with Crippen molar-refractivity contribution >= 4 is 22.9 Å². The van der Waals surface area contributed by atoms with E-state index in [1.54, 1.807) is 24.5 Å². The van der Waals surface area contributed by atoms with E-state index in [4.69, 9.17) is 0 Å². The lowest BCUT2D eigenvalue weighted by Gasteiger charge is -2.02. The molecule has 0 aromatic carbocycles. The summed E-state index contributed by atoms with van der Waals surface area (Å²) in [5.74, 6) is 1.48. The number of pyridine rings is 1. The highest BCUT2D eigenvalue weighted by atomic mass is 32.1. The van der Waals surface area contributed by atoms with Crippen LogP contribution in [0, 0.1) is 5.92 Å². The maximum absolute atomic E-state index is 12.2. The smallest absolute Gasteiger partial charge is 0.265 e. The van der Waals surface area contributed by atoms with Gasteiger partial charge in [-0.3, -0.25) is 9.78 Å². The van der Waals surface area contributed by atoms with Crippen LogP contribution < -0.4 is 10.6 Å². The van der Waals surface area contributed by atoms with Crippen LogP contribution in [0.15, 0.2) is 36.0 Å². The Balaban J connectivity index is 1.34. The van der Waals surface area contributed by atoms with Crippen LogP contribution in [0.1, 0.15) is 40.4 Å². The number of amides is 1. The molecule has 2 aliphatic carbocycles. The topological polar surface area (TPSA) is 54.0 Å². The molecule has 0 bridgehead atoms. The minimum atomic E-state index is -0.0365. The second-order valence-electron chi connectivity index (χ2n) is 6.23. The lowest BCUT2D eigenvalue weighted by molar-refractivity contribution is 0.103. The minimum absolute atomic E-state index is 0.0365. The molecule has 2 saturated carbocycles. The van der Waals surface area contributed by atoms with Gasteiger partial charge in [-0.05, 0) is 60.9 Å².